The molecule has 0 aromatic heterocycles. The Morgan fingerprint density at radius 2 is 1.54 bits per heavy atom. The van der Waals surface area contributed by atoms with Crippen LogP contribution in [0.5, 0.6) is 23.0 Å². The lowest BCUT2D eigenvalue weighted by molar-refractivity contribution is 0.0997. The third kappa shape index (κ3) is 4.33. The second-order valence-electron chi connectivity index (χ2n) is 5.57. The monoisotopic (exact) mass is 349 g/mol. The van der Waals surface area contributed by atoms with E-state index in [1.54, 1.807) is 18.2 Å². The number of carbonyl (C=O) groups is 1. The van der Waals surface area contributed by atoms with Gasteiger partial charge in [-0.15, -0.1) is 0 Å². The lowest BCUT2D eigenvalue weighted by Crippen LogP contribution is -2.12. The Bertz CT molecular complexity index is 876. The number of hydrogen-bond acceptors (Lipinski definition) is 4. The average Bonchev–Trinajstić information content (AvgIpc) is 2.68. The van der Waals surface area contributed by atoms with Gasteiger partial charge in [0.05, 0.1) is 12.7 Å². The second kappa shape index (κ2) is 8.07. The molecule has 132 valence electrons. The van der Waals surface area contributed by atoms with Crippen LogP contribution in [0, 0.1) is 0 Å². The van der Waals surface area contributed by atoms with Crippen molar-refractivity contribution in [2.24, 2.45) is 5.73 Å². The summed E-state index contributed by atoms with van der Waals surface area (Å²) >= 11 is 0. The molecule has 3 aromatic rings. The highest BCUT2D eigenvalue weighted by Gasteiger charge is 2.10. The van der Waals surface area contributed by atoms with Crippen LogP contribution in [-0.2, 0) is 6.61 Å². The fourth-order valence-corrected chi connectivity index (χ4v) is 2.41. The van der Waals surface area contributed by atoms with Crippen molar-refractivity contribution in [1.82, 2.24) is 0 Å². The van der Waals surface area contributed by atoms with Gasteiger partial charge in [-0.25, -0.2) is 0 Å². The Kier molecular flexibility index (Phi) is 5.39. The van der Waals surface area contributed by atoms with Crippen LogP contribution in [0.4, 0.5) is 0 Å². The summed E-state index contributed by atoms with van der Waals surface area (Å²) in [5, 5.41) is 0. The minimum absolute atomic E-state index is 0.322. The summed E-state index contributed by atoms with van der Waals surface area (Å²) < 4.78 is 16.7. The van der Waals surface area contributed by atoms with E-state index in [0.717, 1.165) is 17.1 Å². The number of rotatable bonds is 7. The van der Waals surface area contributed by atoms with E-state index in [0.29, 0.717) is 23.7 Å². The minimum Gasteiger partial charge on any atom is -0.496 e. The van der Waals surface area contributed by atoms with Crippen molar-refractivity contribution >= 4 is 5.91 Å². The average molecular weight is 349 g/mol. The normalized spacial score (nSPS) is 10.2. The standard InChI is InChI=1S/C21H19NO4/c1-24-20-13-18(11-12-19(20)21(22)23)25-14-15-7-9-17(10-8-15)26-16-5-3-2-4-6-16/h2-13H,14H2,1H3,(H2,22,23). The van der Waals surface area contributed by atoms with Crippen LogP contribution in [0.2, 0.25) is 0 Å². The van der Waals surface area contributed by atoms with Gasteiger partial charge in [-0.2, -0.15) is 0 Å². The molecule has 0 radical (unpaired) electrons. The zero-order chi connectivity index (χ0) is 18.4. The maximum absolute atomic E-state index is 11.3. The Hall–Kier alpha value is -3.47. The Balaban J connectivity index is 1.62. The molecule has 3 rings (SSSR count). The quantitative estimate of drug-likeness (QED) is 0.695. The van der Waals surface area contributed by atoms with E-state index in [-0.39, 0.29) is 0 Å². The van der Waals surface area contributed by atoms with Crippen LogP contribution in [0.1, 0.15) is 15.9 Å². The first-order chi connectivity index (χ1) is 12.7. The molecule has 0 unspecified atom stereocenters. The lowest BCUT2D eigenvalue weighted by atomic mass is 10.2. The molecule has 0 heterocycles. The Labute approximate surface area is 151 Å². The number of methoxy groups -OCH3 is 1. The number of para-hydroxylation sites is 1. The molecule has 0 saturated carbocycles. The summed E-state index contributed by atoms with van der Waals surface area (Å²) in [7, 11) is 1.48. The second-order valence-corrected chi connectivity index (χ2v) is 5.57. The summed E-state index contributed by atoms with van der Waals surface area (Å²) in [4.78, 5) is 11.3. The molecule has 0 aliphatic rings. The van der Waals surface area contributed by atoms with Crippen molar-refractivity contribution in [3.63, 3.8) is 0 Å². The highest BCUT2D eigenvalue weighted by atomic mass is 16.5. The van der Waals surface area contributed by atoms with Crippen LogP contribution in [0.3, 0.4) is 0 Å². The molecule has 0 fully saturated rings. The number of carbonyl (C=O) groups excluding carboxylic acids is 1. The molecular weight excluding hydrogens is 330 g/mol. The summed E-state index contributed by atoms with van der Waals surface area (Å²) in [6.07, 6.45) is 0. The first-order valence-corrected chi connectivity index (χ1v) is 8.08. The predicted octanol–water partition coefficient (Wildman–Crippen LogP) is 4.17. The molecule has 0 atom stereocenters. The molecule has 5 nitrogen and oxygen atoms in total. The van der Waals surface area contributed by atoms with Crippen molar-refractivity contribution in [2.75, 3.05) is 7.11 Å². The van der Waals surface area contributed by atoms with Gasteiger partial charge in [0.15, 0.2) is 0 Å². The largest absolute Gasteiger partial charge is 0.496 e. The van der Waals surface area contributed by atoms with Crippen LogP contribution in [0.25, 0.3) is 0 Å². The van der Waals surface area contributed by atoms with E-state index >= 15 is 0 Å². The summed E-state index contributed by atoms with van der Waals surface area (Å²) in [5.41, 5.74) is 6.61. The maximum Gasteiger partial charge on any atom is 0.252 e. The summed E-state index contributed by atoms with van der Waals surface area (Å²) in [6, 6.07) is 22.2. The first-order valence-electron chi connectivity index (χ1n) is 8.08. The van der Waals surface area contributed by atoms with Crippen molar-refractivity contribution in [1.29, 1.82) is 0 Å². The Morgan fingerprint density at radius 1 is 0.885 bits per heavy atom. The molecule has 0 spiro atoms. The number of hydrogen-bond donors (Lipinski definition) is 1. The maximum atomic E-state index is 11.3. The molecular formula is C21H19NO4. The predicted molar refractivity (Wildman–Crippen MR) is 98.8 cm³/mol. The van der Waals surface area contributed by atoms with Crippen molar-refractivity contribution < 1.29 is 19.0 Å². The number of ether oxygens (including phenoxy) is 3. The van der Waals surface area contributed by atoms with Gasteiger partial charge in [0.1, 0.15) is 29.6 Å². The molecule has 3 aromatic carbocycles. The fourth-order valence-electron chi connectivity index (χ4n) is 2.41. The molecule has 0 aliphatic carbocycles. The zero-order valence-corrected chi connectivity index (χ0v) is 14.3. The smallest absolute Gasteiger partial charge is 0.252 e. The number of benzene rings is 3. The van der Waals surface area contributed by atoms with Gasteiger partial charge in [0.2, 0.25) is 0 Å². The highest BCUT2D eigenvalue weighted by molar-refractivity contribution is 5.95. The van der Waals surface area contributed by atoms with Crippen LogP contribution in [0.15, 0.2) is 72.8 Å². The van der Waals surface area contributed by atoms with E-state index in [1.165, 1.54) is 7.11 Å². The van der Waals surface area contributed by atoms with Crippen molar-refractivity contribution in [3.05, 3.63) is 83.9 Å². The number of amides is 1. The van der Waals surface area contributed by atoms with E-state index < -0.39 is 5.91 Å². The number of primary amides is 1. The SMILES string of the molecule is COc1cc(OCc2ccc(Oc3ccccc3)cc2)ccc1C(N)=O. The number of nitrogens with two attached hydrogens (primary N) is 1. The highest BCUT2D eigenvalue weighted by Crippen LogP contribution is 2.26. The van der Waals surface area contributed by atoms with Gasteiger partial charge >= 0.3 is 0 Å². The molecule has 0 saturated heterocycles. The lowest BCUT2D eigenvalue weighted by Gasteiger charge is -2.11. The van der Waals surface area contributed by atoms with E-state index in [4.69, 9.17) is 19.9 Å². The van der Waals surface area contributed by atoms with E-state index in [9.17, 15) is 4.79 Å². The first kappa shape index (κ1) is 17.4. The van der Waals surface area contributed by atoms with Crippen LogP contribution >= 0.6 is 0 Å². The summed E-state index contributed by atoms with van der Waals surface area (Å²) in [5.74, 6) is 1.99. The van der Waals surface area contributed by atoms with Gasteiger partial charge in [0, 0.05) is 6.07 Å². The van der Waals surface area contributed by atoms with Crippen LogP contribution < -0.4 is 19.9 Å². The topological polar surface area (TPSA) is 70.8 Å². The third-order valence-electron chi connectivity index (χ3n) is 3.75. The molecule has 1 amide bonds. The van der Waals surface area contributed by atoms with E-state index in [1.807, 2.05) is 54.6 Å². The minimum atomic E-state index is -0.539. The van der Waals surface area contributed by atoms with Gasteiger partial charge in [-0.3, -0.25) is 4.79 Å². The van der Waals surface area contributed by atoms with Gasteiger partial charge in [0.25, 0.3) is 5.91 Å². The molecule has 26 heavy (non-hydrogen) atoms. The van der Waals surface area contributed by atoms with Gasteiger partial charge < -0.3 is 19.9 Å². The van der Waals surface area contributed by atoms with Crippen molar-refractivity contribution in [3.8, 4) is 23.0 Å². The van der Waals surface area contributed by atoms with E-state index in [2.05, 4.69) is 0 Å². The fraction of sp³-hybridized carbons (Fsp3) is 0.0952. The third-order valence-corrected chi connectivity index (χ3v) is 3.75. The molecule has 0 bridgehead atoms. The van der Waals surface area contributed by atoms with Gasteiger partial charge in [-0.1, -0.05) is 30.3 Å². The summed E-state index contributed by atoms with van der Waals surface area (Å²) in [6.45, 7) is 0.380. The van der Waals surface area contributed by atoms with Gasteiger partial charge in [-0.05, 0) is 42.0 Å². The molecule has 0 aliphatic heterocycles. The zero-order valence-electron chi connectivity index (χ0n) is 14.3. The molecule has 2 N–H and O–H groups in total. The van der Waals surface area contributed by atoms with Crippen molar-refractivity contribution in [2.45, 2.75) is 6.61 Å². The Morgan fingerprint density at radius 3 is 2.19 bits per heavy atom. The molecule has 5 heteroatoms. The van der Waals surface area contributed by atoms with Crippen LogP contribution in [-0.4, -0.2) is 13.0 Å².